The summed E-state index contributed by atoms with van der Waals surface area (Å²) in [5.74, 6) is 0.855. The molecule has 4 saturated carbocycles. The molecule has 3 nitrogen and oxygen atoms in total. The Morgan fingerprint density at radius 2 is 1.64 bits per heavy atom. The smallest absolute Gasteiger partial charge is 0.417 e. The highest BCUT2D eigenvalue weighted by atomic mass is 19.4. The molecule has 0 aromatic carbocycles. The lowest BCUT2D eigenvalue weighted by Crippen LogP contribution is -2.56. The zero-order chi connectivity index (χ0) is 18.6. The van der Waals surface area contributed by atoms with E-state index in [0.717, 1.165) is 45.4 Å². The molecule has 4 fully saturated rings. The molecule has 0 aromatic heterocycles. The SMILES string of the molecule is C=C(C)C(=O)OC(CC(C)(O)C(F)(F)F)C12CC3CC(CC(C3)C1)C2. The number of carbonyl (C=O) groups excluding carboxylic acids is 1. The fourth-order valence-electron chi connectivity index (χ4n) is 5.66. The van der Waals surface area contributed by atoms with E-state index in [-0.39, 0.29) is 5.57 Å². The third-order valence-corrected chi connectivity index (χ3v) is 6.56. The van der Waals surface area contributed by atoms with Gasteiger partial charge in [-0.15, -0.1) is 0 Å². The van der Waals surface area contributed by atoms with E-state index in [2.05, 4.69) is 6.58 Å². The first-order chi connectivity index (χ1) is 11.4. The normalized spacial score (nSPS) is 37.4. The van der Waals surface area contributed by atoms with Gasteiger partial charge in [0.2, 0.25) is 0 Å². The molecule has 0 aromatic rings. The number of rotatable bonds is 5. The molecule has 4 aliphatic rings. The molecule has 1 N–H and O–H groups in total. The Hall–Kier alpha value is -1.04. The van der Waals surface area contributed by atoms with Gasteiger partial charge in [-0.05, 0) is 70.1 Å². The highest BCUT2D eigenvalue weighted by molar-refractivity contribution is 5.87. The highest BCUT2D eigenvalue weighted by Gasteiger charge is 2.59. The first kappa shape index (κ1) is 18.7. The van der Waals surface area contributed by atoms with Gasteiger partial charge in [0.15, 0.2) is 5.60 Å². The summed E-state index contributed by atoms with van der Waals surface area (Å²) < 4.78 is 45.3. The molecule has 0 aliphatic heterocycles. The van der Waals surface area contributed by atoms with Gasteiger partial charge >= 0.3 is 12.1 Å². The summed E-state index contributed by atoms with van der Waals surface area (Å²) in [6.07, 6.45) is -0.516. The van der Waals surface area contributed by atoms with Crippen LogP contribution in [0, 0.1) is 23.2 Å². The number of ether oxygens (including phenoxy) is 1. The molecule has 0 spiro atoms. The Labute approximate surface area is 146 Å². The van der Waals surface area contributed by atoms with Crippen molar-refractivity contribution in [2.45, 2.75) is 76.7 Å². The van der Waals surface area contributed by atoms with Crippen LogP contribution in [0.2, 0.25) is 0 Å². The molecule has 142 valence electrons. The molecule has 0 radical (unpaired) electrons. The maximum Gasteiger partial charge on any atom is 0.417 e. The first-order valence-corrected chi connectivity index (χ1v) is 9.07. The van der Waals surface area contributed by atoms with E-state index < -0.39 is 35.7 Å². The van der Waals surface area contributed by atoms with Crippen molar-refractivity contribution in [3.63, 3.8) is 0 Å². The summed E-state index contributed by atoms with van der Waals surface area (Å²) >= 11 is 0. The summed E-state index contributed by atoms with van der Waals surface area (Å²) in [4.78, 5) is 12.1. The fraction of sp³-hybridized carbons (Fsp3) is 0.842. The van der Waals surface area contributed by atoms with Crippen LogP contribution in [-0.2, 0) is 9.53 Å². The van der Waals surface area contributed by atoms with Crippen molar-refractivity contribution >= 4 is 5.97 Å². The van der Waals surface area contributed by atoms with Crippen LogP contribution in [0.3, 0.4) is 0 Å². The van der Waals surface area contributed by atoms with E-state index in [9.17, 15) is 23.1 Å². The maximum absolute atomic E-state index is 13.3. The summed E-state index contributed by atoms with van der Waals surface area (Å²) in [5, 5.41) is 10.0. The molecule has 0 heterocycles. The molecule has 25 heavy (non-hydrogen) atoms. The Balaban J connectivity index is 1.88. The molecule has 2 atom stereocenters. The molecule has 4 rings (SSSR count). The van der Waals surface area contributed by atoms with Crippen molar-refractivity contribution in [1.82, 2.24) is 0 Å². The molecule has 4 aliphatic carbocycles. The summed E-state index contributed by atoms with van der Waals surface area (Å²) in [6, 6.07) is 0. The van der Waals surface area contributed by atoms with Gasteiger partial charge in [0.25, 0.3) is 0 Å². The number of halogens is 3. The monoisotopic (exact) mass is 360 g/mol. The second kappa shape index (κ2) is 6.00. The fourth-order valence-corrected chi connectivity index (χ4v) is 5.66. The second-order valence-electron chi connectivity index (χ2n) is 8.93. The van der Waals surface area contributed by atoms with Crippen LogP contribution in [0.1, 0.15) is 58.8 Å². The lowest BCUT2D eigenvalue weighted by atomic mass is 9.47. The quantitative estimate of drug-likeness (QED) is 0.584. The summed E-state index contributed by atoms with van der Waals surface area (Å²) in [6.45, 7) is 5.80. The Kier molecular flexibility index (Phi) is 4.50. The minimum absolute atomic E-state index is 0.168. The van der Waals surface area contributed by atoms with E-state index in [4.69, 9.17) is 4.74 Å². The zero-order valence-corrected chi connectivity index (χ0v) is 14.9. The van der Waals surface area contributed by atoms with Crippen molar-refractivity contribution in [2.75, 3.05) is 0 Å². The van der Waals surface area contributed by atoms with Crippen molar-refractivity contribution in [3.05, 3.63) is 12.2 Å². The number of carbonyl (C=O) groups is 1. The minimum atomic E-state index is -4.76. The van der Waals surface area contributed by atoms with Gasteiger partial charge in [0, 0.05) is 17.4 Å². The predicted octanol–water partition coefficient (Wildman–Crippen LogP) is 4.39. The highest BCUT2D eigenvalue weighted by Crippen LogP contribution is 2.62. The van der Waals surface area contributed by atoms with Gasteiger partial charge in [-0.25, -0.2) is 4.79 Å². The molecular weight excluding hydrogens is 333 g/mol. The molecule has 2 unspecified atom stereocenters. The number of hydrogen-bond acceptors (Lipinski definition) is 3. The van der Waals surface area contributed by atoms with Crippen molar-refractivity contribution in [3.8, 4) is 0 Å². The zero-order valence-electron chi connectivity index (χ0n) is 14.9. The summed E-state index contributed by atoms with van der Waals surface area (Å²) in [7, 11) is 0. The third kappa shape index (κ3) is 3.46. The first-order valence-electron chi connectivity index (χ1n) is 9.07. The maximum atomic E-state index is 13.3. The molecule has 4 bridgehead atoms. The van der Waals surface area contributed by atoms with Gasteiger partial charge in [-0.2, -0.15) is 13.2 Å². The number of hydrogen-bond donors (Lipinski definition) is 1. The van der Waals surface area contributed by atoms with Gasteiger partial charge in [0.05, 0.1) is 0 Å². The van der Waals surface area contributed by atoms with Gasteiger partial charge in [0.1, 0.15) is 6.10 Å². The largest absolute Gasteiger partial charge is 0.458 e. The topological polar surface area (TPSA) is 46.5 Å². The Morgan fingerprint density at radius 3 is 2.00 bits per heavy atom. The lowest BCUT2D eigenvalue weighted by Gasteiger charge is -2.59. The van der Waals surface area contributed by atoms with E-state index in [0.29, 0.717) is 17.8 Å². The van der Waals surface area contributed by atoms with Crippen LogP contribution in [0.25, 0.3) is 0 Å². The van der Waals surface area contributed by atoms with Crippen molar-refractivity contribution in [2.24, 2.45) is 23.2 Å². The number of alkyl halides is 3. The van der Waals surface area contributed by atoms with Crippen LogP contribution in [0.15, 0.2) is 12.2 Å². The molecule has 0 amide bonds. The lowest BCUT2D eigenvalue weighted by molar-refractivity contribution is -0.270. The number of esters is 1. The van der Waals surface area contributed by atoms with E-state index >= 15 is 0 Å². The van der Waals surface area contributed by atoms with Crippen molar-refractivity contribution in [1.29, 1.82) is 0 Å². The van der Waals surface area contributed by atoms with Crippen molar-refractivity contribution < 1.29 is 27.8 Å². The van der Waals surface area contributed by atoms with Crippen LogP contribution in [0.5, 0.6) is 0 Å². The van der Waals surface area contributed by atoms with E-state index in [1.165, 1.54) is 6.92 Å². The van der Waals surface area contributed by atoms with Crippen LogP contribution >= 0.6 is 0 Å². The molecular formula is C19H27F3O3. The van der Waals surface area contributed by atoms with Crippen LogP contribution in [-0.4, -0.2) is 29.0 Å². The van der Waals surface area contributed by atoms with Gasteiger partial charge in [-0.1, -0.05) is 6.58 Å². The van der Waals surface area contributed by atoms with Crippen LogP contribution in [0.4, 0.5) is 13.2 Å². The molecule has 0 saturated heterocycles. The Morgan fingerprint density at radius 1 is 1.20 bits per heavy atom. The summed E-state index contributed by atoms with van der Waals surface area (Å²) in [5.41, 5.74) is -3.15. The van der Waals surface area contributed by atoms with E-state index in [1.807, 2.05) is 0 Å². The predicted molar refractivity (Wildman–Crippen MR) is 86.6 cm³/mol. The minimum Gasteiger partial charge on any atom is -0.458 e. The van der Waals surface area contributed by atoms with E-state index in [1.54, 1.807) is 0 Å². The third-order valence-electron chi connectivity index (χ3n) is 6.56. The van der Waals surface area contributed by atoms with Gasteiger partial charge in [-0.3, -0.25) is 0 Å². The average Bonchev–Trinajstić information content (AvgIpc) is 2.43. The number of aliphatic hydroxyl groups is 1. The van der Waals surface area contributed by atoms with Gasteiger partial charge < -0.3 is 9.84 Å². The second-order valence-corrected chi connectivity index (χ2v) is 8.93. The molecule has 6 heteroatoms. The van der Waals surface area contributed by atoms with Crippen LogP contribution < -0.4 is 0 Å². The Bertz CT molecular complexity index is 529. The average molecular weight is 360 g/mol. The standard InChI is InChI=1S/C19H27F3O3/c1-11(2)16(23)25-15(10-17(3,24)19(20,21)22)18-7-12-4-13(8-18)6-14(5-12)9-18/h12-15,24H,1,4-10H2,2-3H3.